The van der Waals surface area contributed by atoms with E-state index >= 15 is 0 Å². The SMILES string of the molecule is CNN1CCCC1c1cnc(Cl)c(Br)c1. The lowest BCUT2D eigenvalue weighted by atomic mass is 10.1. The Labute approximate surface area is 103 Å². The molecule has 2 rings (SSSR count). The zero-order valence-electron chi connectivity index (χ0n) is 8.50. The molecule has 5 heteroatoms. The normalized spacial score (nSPS) is 22.2. The first-order valence-corrected chi connectivity index (χ1v) is 6.14. The summed E-state index contributed by atoms with van der Waals surface area (Å²) >= 11 is 9.27. The maximum Gasteiger partial charge on any atom is 0.143 e. The van der Waals surface area contributed by atoms with E-state index in [0.29, 0.717) is 11.2 Å². The highest BCUT2D eigenvalue weighted by molar-refractivity contribution is 9.10. The summed E-state index contributed by atoms with van der Waals surface area (Å²) < 4.78 is 0.865. The van der Waals surface area contributed by atoms with Crippen LogP contribution in [-0.2, 0) is 0 Å². The van der Waals surface area contributed by atoms with Gasteiger partial charge in [0.1, 0.15) is 5.15 Å². The van der Waals surface area contributed by atoms with Crippen molar-refractivity contribution in [3.8, 4) is 0 Å². The monoisotopic (exact) mass is 289 g/mol. The van der Waals surface area contributed by atoms with Crippen molar-refractivity contribution in [3.05, 3.63) is 27.5 Å². The summed E-state index contributed by atoms with van der Waals surface area (Å²) in [6, 6.07) is 2.46. The molecule has 1 fully saturated rings. The van der Waals surface area contributed by atoms with Crippen LogP contribution in [0.15, 0.2) is 16.7 Å². The highest BCUT2D eigenvalue weighted by Crippen LogP contribution is 2.32. The van der Waals surface area contributed by atoms with Gasteiger partial charge < -0.3 is 0 Å². The standard InChI is InChI=1S/C10H13BrClN3/c1-13-15-4-2-3-9(15)7-5-8(11)10(12)14-6-7/h5-6,9,13H,2-4H2,1H3. The van der Waals surface area contributed by atoms with Crippen molar-refractivity contribution in [1.29, 1.82) is 0 Å². The number of pyridine rings is 1. The first-order chi connectivity index (χ1) is 7.22. The van der Waals surface area contributed by atoms with Crippen molar-refractivity contribution in [3.63, 3.8) is 0 Å². The number of halogens is 2. The smallest absolute Gasteiger partial charge is 0.143 e. The topological polar surface area (TPSA) is 28.2 Å². The van der Waals surface area contributed by atoms with Gasteiger partial charge in [-0.15, -0.1) is 0 Å². The molecule has 3 nitrogen and oxygen atoms in total. The molecule has 2 heterocycles. The fourth-order valence-corrected chi connectivity index (χ4v) is 2.47. The van der Waals surface area contributed by atoms with Crippen molar-refractivity contribution in [1.82, 2.24) is 15.4 Å². The summed E-state index contributed by atoms with van der Waals surface area (Å²) in [5.41, 5.74) is 4.41. The molecule has 1 aliphatic rings. The zero-order valence-corrected chi connectivity index (χ0v) is 10.8. The minimum absolute atomic E-state index is 0.413. The lowest BCUT2D eigenvalue weighted by molar-refractivity contribution is 0.190. The van der Waals surface area contributed by atoms with Crippen LogP contribution in [0.1, 0.15) is 24.4 Å². The van der Waals surface area contributed by atoms with Gasteiger partial charge in [-0.1, -0.05) is 11.6 Å². The molecular formula is C10H13BrClN3. The van der Waals surface area contributed by atoms with Gasteiger partial charge in [0.05, 0.1) is 10.5 Å². The molecule has 1 unspecified atom stereocenters. The molecule has 1 N–H and O–H groups in total. The summed E-state index contributed by atoms with van der Waals surface area (Å²) in [5.74, 6) is 0. The van der Waals surface area contributed by atoms with E-state index in [9.17, 15) is 0 Å². The van der Waals surface area contributed by atoms with Crippen LogP contribution in [0.2, 0.25) is 5.15 Å². The predicted octanol–water partition coefficient (Wildman–Crippen LogP) is 2.77. The average molecular weight is 291 g/mol. The van der Waals surface area contributed by atoms with E-state index < -0.39 is 0 Å². The number of nitrogens with one attached hydrogen (secondary N) is 1. The van der Waals surface area contributed by atoms with Crippen LogP contribution in [0.25, 0.3) is 0 Å². The zero-order chi connectivity index (χ0) is 10.8. The van der Waals surface area contributed by atoms with Gasteiger partial charge in [0.2, 0.25) is 0 Å². The molecule has 0 saturated carbocycles. The third-order valence-electron chi connectivity index (χ3n) is 2.74. The number of nitrogens with zero attached hydrogens (tertiary/aromatic N) is 2. The molecule has 1 aromatic rings. The second-order valence-corrected chi connectivity index (χ2v) is 4.83. The second-order valence-electron chi connectivity index (χ2n) is 3.62. The number of rotatable bonds is 2. The molecule has 0 spiro atoms. The van der Waals surface area contributed by atoms with E-state index in [1.165, 1.54) is 12.0 Å². The molecule has 0 amide bonds. The summed E-state index contributed by atoms with van der Waals surface area (Å²) in [6.45, 7) is 1.08. The van der Waals surface area contributed by atoms with Crippen LogP contribution in [0.5, 0.6) is 0 Å². The van der Waals surface area contributed by atoms with Crippen LogP contribution in [-0.4, -0.2) is 23.6 Å². The van der Waals surface area contributed by atoms with Crippen LogP contribution in [0, 0.1) is 0 Å². The molecule has 0 radical (unpaired) electrons. The Balaban J connectivity index is 2.25. The number of hydrogen-bond donors (Lipinski definition) is 1. The second kappa shape index (κ2) is 4.78. The average Bonchev–Trinajstić information content (AvgIpc) is 2.70. The van der Waals surface area contributed by atoms with Gasteiger partial charge >= 0.3 is 0 Å². The maximum atomic E-state index is 5.87. The lowest BCUT2D eigenvalue weighted by Crippen LogP contribution is -2.34. The largest absolute Gasteiger partial charge is 0.258 e. The van der Waals surface area contributed by atoms with Crippen molar-refractivity contribution >= 4 is 27.5 Å². The van der Waals surface area contributed by atoms with Gasteiger partial charge in [-0.3, -0.25) is 5.43 Å². The Morgan fingerprint density at radius 2 is 2.47 bits per heavy atom. The first-order valence-electron chi connectivity index (χ1n) is 4.97. The van der Waals surface area contributed by atoms with Crippen LogP contribution in [0.4, 0.5) is 0 Å². The molecule has 1 aliphatic heterocycles. The first kappa shape index (κ1) is 11.3. The van der Waals surface area contributed by atoms with Gasteiger partial charge in [-0.25, -0.2) is 9.99 Å². The fraction of sp³-hybridized carbons (Fsp3) is 0.500. The van der Waals surface area contributed by atoms with Gasteiger partial charge in [-0.2, -0.15) is 0 Å². The quantitative estimate of drug-likeness (QED) is 0.849. The van der Waals surface area contributed by atoms with Gasteiger partial charge in [0, 0.05) is 12.7 Å². The molecule has 0 aliphatic carbocycles. The van der Waals surface area contributed by atoms with E-state index in [4.69, 9.17) is 11.6 Å². The lowest BCUT2D eigenvalue weighted by Gasteiger charge is -2.23. The number of hydrazine groups is 1. The molecule has 1 atom stereocenters. The molecule has 15 heavy (non-hydrogen) atoms. The number of aromatic nitrogens is 1. The predicted molar refractivity (Wildman–Crippen MR) is 64.7 cm³/mol. The van der Waals surface area contributed by atoms with Crippen LogP contribution >= 0.6 is 27.5 Å². The van der Waals surface area contributed by atoms with Gasteiger partial charge in [0.25, 0.3) is 0 Å². The Kier molecular flexibility index (Phi) is 3.61. The maximum absolute atomic E-state index is 5.87. The molecule has 82 valence electrons. The molecule has 1 saturated heterocycles. The van der Waals surface area contributed by atoms with Crippen LogP contribution < -0.4 is 5.43 Å². The highest BCUT2D eigenvalue weighted by Gasteiger charge is 2.25. The van der Waals surface area contributed by atoms with Crippen LogP contribution in [0.3, 0.4) is 0 Å². The molecule has 0 aromatic carbocycles. The summed E-state index contributed by atoms with van der Waals surface area (Å²) in [4.78, 5) is 4.16. The van der Waals surface area contributed by atoms with Crippen molar-refractivity contribution < 1.29 is 0 Å². The third-order valence-corrected chi connectivity index (χ3v) is 3.88. The Bertz CT molecular complexity index is 359. The van der Waals surface area contributed by atoms with E-state index in [1.807, 2.05) is 13.2 Å². The Hall–Kier alpha value is -0.160. The minimum atomic E-state index is 0.413. The van der Waals surface area contributed by atoms with E-state index in [2.05, 4.69) is 37.4 Å². The van der Waals surface area contributed by atoms with Gasteiger partial charge in [0.15, 0.2) is 0 Å². The fourth-order valence-electron chi connectivity index (χ4n) is 2.00. The molecule has 1 aromatic heterocycles. The van der Waals surface area contributed by atoms with E-state index in [-0.39, 0.29) is 0 Å². The molecule has 0 bridgehead atoms. The van der Waals surface area contributed by atoms with Crippen molar-refractivity contribution in [2.45, 2.75) is 18.9 Å². The summed E-state index contributed by atoms with van der Waals surface area (Å²) in [6.07, 6.45) is 4.23. The molecular weight excluding hydrogens is 277 g/mol. The minimum Gasteiger partial charge on any atom is -0.258 e. The van der Waals surface area contributed by atoms with E-state index in [0.717, 1.165) is 17.4 Å². The van der Waals surface area contributed by atoms with Gasteiger partial charge in [-0.05, 0) is 47.4 Å². The van der Waals surface area contributed by atoms with E-state index in [1.54, 1.807) is 0 Å². The van der Waals surface area contributed by atoms with Crippen molar-refractivity contribution in [2.24, 2.45) is 0 Å². The summed E-state index contributed by atoms with van der Waals surface area (Å²) in [5, 5.41) is 2.75. The summed E-state index contributed by atoms with van der Waals surface area (Å²) in [7, 11) is 1.96. The Morgan fingerprint density at radius 3 is 3.13 bits per heavy atom. The Morgan fingerprint density at radius 1 is 1.67 bits per heavy atom. The highest BCUT2D eigenvalue weighted by atomic mass is 79.9. The van der Waals surface area contributed by atoms with Crippen molar-refractivity contribution in [2.75, 3.05) is 13.6 Å². The third kappa shape index (κ3) is 2.33. The number of hydrogen-bond acceptors (Lipinski definition) is 3.